The first-order valence-corrected chi connectivity index (χ1v) is 6.51. The van der Waals surface area contributed by atoms with Crippen molar-refractivity contribution < 1.29 is 5.11 Å². The third-order valence-corrected chi connectivity index (χ3v) is 3.99. The van der Waals surface area contributed by atoms with Crippen molar-refractivity contribution in [2.45, 2.75) is 25.4 Å². The SMILES string of the molecule is OCC1CCCN1Cc1cn2ccsc2n1. The van der Waals surface area contributed by atoms with Gasteiger partial charge in [-0.3, -0.25) is 9.30 Å². The van der Waals surface area contributed by atoms with E-state index in [1.807, 2.05) is 11.6 Å². The van der Waals surface area contributed by atoms with Gasteiger partial charge in [0.2, 0.25) is 0 Å². The fourth-order valence-corrected chi connectivity index (χ4v) is 3.09. The minimum absolute atomic E-state index is 0.266. The summed E-state index contributed by atoms with van der Waals surface area (Å²) >= 11 is 1.66. The molecule has 1 N–H and O–H groups in total. The number of thiazole rings is 1. The first-order chi connectivity index (χ1) is 7.86. The van der Waals surface area contributed by atoms with Crippen LogP contribution < -0.4 is 0 Å². The van der Waals surface area contributed by atoms with Crippen molar-refractivity contribution in [2.75, 3.05) is 13.2 Å². The largest absolute Gasteiger partial charge is 0.395 e. The molecule has 3 rings (SSSR count). The molecule has 86 valence electrons. The highest BCUT2D eigenvalue weighted by Crippen LogP contribution is 2.20. The zero-order chi connectivity index (χ0) is 11.0. The smallest absolute Gasteiger partial charge is 0.193 e. The minimum atomic E-state index is 0.266. The number of aliphatic hydroxyl groups is 1. The van der Waals surface area contributed by atoms with Crippen molar-refractivity contribution in [1.82, 2.24) is 14.3 Å². The van der Waals surface area contributed by atoms with Crippen LogP contribution in [0.4, 0.5) is 0 Å². The van der Waals surface area contributed by atoms with Crippen molar-refractivity contribution in [3.8, 4) is 0 Å². The van der Waals surface area contributed by atoms with Gasteiger partial charge in [0.05, 0.1) is 12.3 Å². The predicted octanol–water partition coefficient (Wildman–Crippen LogP) is 1.35. The molecule has 0 aromatic carbocycles. The summed E-state index contributed by atoms with van der Waals surface area (Å²) in [5.41, 5.74) is 1.10. The van der Waals surface area contributed by atoms with Crippen LogP contribution in [-0.4, -0.2) is 38.6 Å². The van der Waals surface area contributed by atoms with Crippen LogP contribution in [0.5, 0.6) is 0 Å². The lowest BCUT2D eigenvalue weighted by Crippen LogP contribution is -2.31. The van der Waals surface area contributed by atoms with Gasteiger partial charge in [-0.25, -0.2) is 4.98 Å². The number of aliphatic hydroxyl groups excluding tert-OH is 1. The molecule has 0 amide bonds. The van der Waals surface area contributed by atoms with E-state index in [-0.39, 0.29) is 6.61 Å². The molecule has 2 aromatic heterocycles. The van der Waals surface area contributed by atoms with Crippen molar-refractivity contribution in [3.05, 3.63) is 23.5 Å². The Morgan fingerprint density at radius 1 is 1.56 bits per heavy atom. The van der Waals surface area contributed by atoms with Crippen LogP contribution in [0.1, 0.15) is 18.5 Å². The highest BCUT2D eigenvalue weighted by Gasteiger charge is 2.24. The molecule has 0 bridgehead atoms. The molecule has 1 unspecified atom stereocenters. The molecule has 0 saturated carbocycles. The number of imidazole rings is 1. The van der Waals surface area contributed by atoms with Gasteiger partial charge in [0.25, 0.3) is 0 Å². The molecule has 5 heteroatoms. The molecule has 4 nitrogen and oxygen atoms in total. The average Bonchev–Trinajstić information content (AvgIpc) is 2.92. The number of rotatable bonds is 3. The van der Waals surface area contributed by atoms with Crippen LogP contribution in [0.25, 0.3) is 4.96 Å². The van der Waals surface area contributed by atoms with Crippen molar-refractivity contribution in [3.63, 3.8) is 0 Å². The summed E-state index contributed by atoms with van der Waals surface area (Å²) in [7, 11) is 0. The number of hydrogen-bond acceptors (Lipinski definition) is 4. The Morgan fingerprint density at radius 3 is 3.31 bits per heavy atom. The molecule has 0 radical (unpaired) electrons. The normalized spacial score (nSPS) is 22.2. The standard InChI is InChI=1S/C11H15N3OS/c15-8-10-2-1-3-13(10)6-9-7-14-4-5-16-11(14)12-9/h4-5,7,10,15H,1-3,6,8H2. The maximum atomic E-state index is 9.25. The zero-order valence-electron chi connectivity index (χ0n) is 9.04. The quantitative estimate of drug-likeness (QED) is 0.876. The number of likely N-dealkylation sites (tertiary alicyclic amines) is 1. The first-order valence-electron chi connectivity index (χ1n) is 5.63. The van der Waals surface area contributed by atoms with E-state index in [1.165, 1.54) is 6.42 Å². The Morgan fingerprint density at radius 2 is 2.50 bits per heavy atom. The van der Waals surface area contributed by atoms with Crippen molar-refractivity contribution in [1.29, 1.82) is 0 Å². The van der Waals surface area contributed by atoms with E-state index >= 15 is 0 Å². The van der Waals surface area contributed by atoms with Gasteiger partial charge in [0, 0.05) is 30.4 Å². The lowest BCUT2D eigenvalue weighted by Gasteiger charge is -2.21. The monoisotopic (exact) mass is 237 g/mol. The van der Waals surface area contributed by atoms with Gasteiger partial charge in [0.15, 0.2) is 4.96 Å². The summed E-state index contributed by atoms with van der Waals surface area (Å²) in [6, 6.07) is 0.333. The van der Waals surface area contributed by atoms with E-state index in [1.54, 1.807) is 11.3 Å². The number of aromatic nitrogens is 2. The Hall–Kier alpha value is -0.910. The number of fused-ring (bicyclic) bond motifs is 1. The average molecular weight is 237 g/mol. The Labute approximate surface area is 98.1 Å². The van der Waals surface area contributed by atoms with Crippen molar-refractivity contribution >= 4 is 16.3 Å². The molecule has 1 aliphatic rings. The summed E-state index contributed by atoms with van der Waals surface area (Å²) in [4.78, 5) is 7.94. The van der Waals surface area contributed by atoms with E-state index in [9.17, 15) is 5.11 Å². The molecule has 2 aromatic rings. The number of nitrogens with zero attached hydrogens (tertiary/aromatic N) is 3. The molecule has 3 heterocycles. The van der Waals surface area contributed by atoms with Gasteiger partial charge in [-0.2, -0.15) is 0 Å². The molecule has 0 spiro atoms. The molecular weight excluding hydrogens is 222 g/mol. The minimum Gasteiger partial charge on any atom is -0.395 e. The Bertz CT molecular complexity index is 450. The van der Waals surface area contributed by atoms with Crippen LogP contribution in [-0.2, 0) is 6.54 Å². The Kier molecular flexibility index (Phi) is 2.67. The van der Waals surface area contributed by atoms with E-state index < -0.39 is 0 Å². The maximum Gasteiger partial charge on any atom is 0.193 e. The van der Waals surface area contributed by atoms with Crippen LogP contribution in [0.3, 0.4) is 0 Å². The second-order valence-electron chi connectivity index (χ2n) is 4.27. The summed E-state index contributed by atoms with van der Waals surface area (Å²) in [5, 5.41) is 11.3. The van der Waals surface area contributed by atoms with E-state index in [2.05, 4.69) is 20.5 Å². The van der Waals surface area contributed by atoms with Gasteiger partial charge in [-0.05, 0) is 19.4 Å². The third kappa shape index (κ3) is 1.75. The molecule has 1 atom stereocenters. The van der Waals surface area contributed by atoms with Gasteiger partial charge in [-0.15, -0.1) is 11.3 Å². The molecular formula is C11H15N3OS. The highest BCUT2D eigenvalue weighted by molar-refractivity contribution is 7.15. The molecule has 1 fully saturated rings. The van der Waals surface area contributed by atoms with E-state index in [0.717, 1.165) is 30.2 Å². The van der Waals surface area contributed by atoms with Crippen LogP contribution in [0.2, 0.25) is 0 Å². The summed E-state index contributed by atoms with van der Waals surface area (Å²) in [5.74, 6) is 0. The zero-order valence-corrected chi connectivity index (χ0v) is 9.86. The fourth-order valence-electron chi connectivity index (χ4n) is 2.37. The van der Waals surface area contributed by atoms with Gasteiger partial charge >= 0.3 is 0 Å². The molecule has 1 saturated heterocycles. The topological polar surface area (TPSA) is 40.8 Å². The second kappa shape index (κ2) is 4.16. The maximum absolute atomic E-state index is 9.25. The first kappa shape index (κ1) is 10.3. The summed E-state index contributed by atoms with van der Waals surface area (Å²) < 4.78 is 2.06. The van der Waals surface area contributed by atoms with Crippen molar-refractivity contribution in [2.24, 2.45) is 0 Å². The molecule has 16 heavy (non-hydrogen) atoms. The summed E-state index contributed by atoms with van der Waals surface area (Å²) in [6.45, 7) is 2.21. The second-order valence-corrected chi connectivity index (χ2v) is 5.15. The lowest BCUT2D eigenvalue weighted by molar-refractivity contribution is 0.152. The predicted molar refractivity (Wildman–Crippen MR) is 63.6 cm³/mol. The van der Waals surface area contributed by atoms with Gasteiger partial charge in [-0.1, -0.05) is 0 Å². The van der Waals surface area contributed by atoms with Crippen LogP contribution >= 0.6 is 11.3 Å². The van der Waals surface area contributed by atoms with Crippen LogP contribution in [0.15, 0.2) is 17.8 Å². The fraction of sp³-hybridized carbons (Fsp3) is 0.545. The van der Waals surface area contributed by atoms with Crippen LogP contribution in [0, 0.1) is 0 Å². The van der Waals surface area contributed by atoms with Gasteiger partial charge < -0.3 is 5.11 Å². The molecule has 0 aliphatic carbocycles. The third-order valence-electron chi connectivity index (χ3n) is 3.22. The van der Waals surface area contributed by atoms with Gasteiger partial charge in [0.1, 0.15) is 0 Å². The lowest BCUT2D eigenvalue weighted by atomic mass is 10.2. The van der Waals surface area contributed by atoms with E-state index in [4.69, 9.17) is 0 Å². The molecule has 1 aliphatic heterocycles. The Balaban J connectivity index is 1.76. The highest BCUT2D eigenvalue weighted by atomic mass is 32.1. The number of hydrogen-bond donors (Lipinski definition) is 1. The van der Waals surface area contributed by atoms with E-state index in [0.29, 0.717) is 6.04 Å². The summed E-state index contributed by atoms with van der Waals surface area (Å²) in [6.07, 6.45) is 6.41.